The van der Waals surface area contributed by atoms with E-state index in [0.717, 1.165) is 17.8 Å². The standard InChI is InChI=1S/C18H19FN2O3/c1-12(24-18(23)13-4-6-14(19)7-5-13)17(22)20-15-8-10-16(11-9-15)21(2)3/h4-12H,1-3H3,(H,20,22). The Morgan fingerprint density at radius 2 is 1.62 bits per heavy atom. The molecular formula is C18H19FN2O3. The highest BCUT2D eigenvalue weighted by Gasteiger charge is 2.19. The van der Waals surface area contributed by atoms with Gasteiger partial charge >= 0.3 is 5.97 Å². The number of hydrogen-bond acceptors (Lipinski definition) is 4. The lowest BCUT2D eigenvalue weighted by atomic mass is 10.2. The highest BCUT2D eigenvalue weighted by molar-refractivity contribution is 5.97. The lowest BCUT2D eigenvalue weighted by Crippen LogP contribution is -2.30. The highest BCUT2D eigenvalue weighted by atomic mass is 19.1. The summed E-state index contributed by atoms with van der Waals surface area (Å²) < 4.78 is 17.9. The summed E-state index contributed by atoms with van der Waals surface area (Å²) in [7, 11) is 3.84. The number of halogens is 1. The van der Waals surface area contributed by atoms with Crippen molar-refractivity contribution in [1.29, 1.82) is 0 Å². The van der Waals surface area contributed by atoms with Crippen LogP contribution in [0.15, 0.2) is 48.5 Å². The molecule has 0 fully saturated rings. The molecule has 24 heavy (non-hydrogen) atoms. The van der Waals surface area contributed by atoms with Gasteiger partial charge in [0.05, 0.1) is 5.56 Å². The Bertz CT molecular complexity index is 712. The van der Waals surface area contributed by atoms with Crippen molar-refractivity contribution < 1.29 is 18.7 Å². The smallest absolute Gasteiger partial charge is 0.338 e. The quantitative estimate of drug-likeness (QED) is 0.856. The Balaban J connectivity index is 1.94. The lowest BCUT2D eigenvalue weighted by Gasteiger charge is -2.15. The zero-order valence-electron chi connectivity index (χ0n) is 13.7. The number of carbonyl (C=O) groups excluding carboxylic acids is 2. The van der Waals surface area contributed by atoms with Crippen LogP contribution < -0.4 is 10.2 Å². The lowest BCUT2D eigenvalue weighted by molar-refractivity contribution is -0.123. The van der Waals surface area contributed by atoms with Crippen LogP contribution in [0.4, 0.5) is 15.8 Å². The van der Waals surface area contributed by atoms with Crippen molar-refractivity contribution in [2.45, 2.75) is 13.0 Å². The van der Waals surface area contributed by atoms with Crippen LogP contribution in [-0.2, 0) is 9.53 Å². The molecular weight excluding hydrogens is 311 g/mol. The molecule has 6 heteroatoms. The first kappa shape index (κ1) is 17.5. The van der Waals surface area contributed by atoms with Gasteiger partial charge in [-0.1, -0.05) is 0 Å². The molecule has 2 aromatic rings. The van der Waals surface area contributed by atoms with Crippen LogP contribution >= 0.6 is 0 Å². The first-order valence-electron chi connectivity index (χ1n) is 7.41. The van der Waals surface area contributed by atoms with E-state index < -0.39 is 23.8 Å². The second-order valence-electron chi connectivity index (χ2n) is 5.48. The van der Waals surface area contributed by atoms with Gasteiger partial charge in [-0.2, -0.15) is 0 Å². The van der Waals surface area contributed by atoms with Gasteiger partial charge < -0.3 is 15.0 Å². The molecule has 0 aliphatic heterocycles. The van der Waals surface area contributed by atoms with Gasteiger partial charge in [-0.15, -0.1) is 0 Å². The van der Waals surface area contributed by atoms with Gasteiger partial charge in [-0.3, -0.25) is 4.79 Å². The Morgan fingerprint density at radius 1 is 1.04 bits per heavy atom. The van der Waals surface area contributed by atoms with Crippen LogP contribution in [0.3, 0.4) is 0 Å². The topological polar surface area (TPSA) is 58.6 Å². The molecule has 0 aliphatic carbocycles. The van der Waals surface area contributed by atoms with E-state index in [0.29, 0.717) is 5.69 Å². The number of esters is 1. The van der Waals surface area contributed by atoms with Crippen LogP contribution in [0.25, 0.3) is 0 Å². The summed E-state index contributed by atoms with van der Waals surface area (Å²) in [5.41, 5.74) is 1.80. The predicted molar refractivity (Wildman–Crippen MR) is 90.7 cm³/mol. The van der Waals surface area contributed by atoms with Gasteiger partial charge in [0.25, 0.3) is 5.91 Å². The number of nitrogens with zero attached hydrogens (tertiary/aromatic N) is 1. The van der Waals surface area contributed by atoms with Crippen LogP contribution in [0.1, 0.15) is 17.3 Å². The third-order valence-electron chi connectivity index (χ3n) is 3.38. The minimum atomic E-state index is -0.976. The number of rotatable bonds is 5. The van der Waals surface area contributed by atoms with E-state index in [1.807, 2.05) is 31.1 Å². The summed E-state index contributed by atoms with van der Waals surface area (Å²) in [6.45, 7) is 1.48. The molecule has 126 valence electrons. The van der Waals surface area contributed by atoms with Crippen LogP contribution in [-0.4, -0.2) is 32.1 Å². The fraction of sp³-hybridized carbons (Fsp3) is 0.222. The fourth-order valence-electron chi connectivity index (χ4n) is 1.95. The Kier molecular flexibility index (Phi) is 5.52. The molecule has 2 aromatic carbocycles. The number of carbonyl (C=O) groups is 2. The third kappa shape index (κ3) is 4.55. The summed E-state index contributed by atoms with van der Waals surface area (Å²) in [5, 5.41) is 2.68. The number of anilines is 2. The number of benzene rings is 2. The maximum absolute atomic E-state index is 12.8. The summed E-state index contributed by atoms with van der Waals surface area (Å²) in [5.74, 6) is -1.57. The minimum absolute atomic E-state index is 0.186. The Hall–Kier alpha value is -2.89. The van der Waals surface area contributed by atoms with Crippen molar-refractivity contribution in [3.05, 3.63) is 59.9 Å². The molecule has 0 aromatic heterocycles. The van der Waals surface area contributed by atoms with E-state index in [9.17, 15) is 14.0 Å². The van der Waals surface area contributed by atoms with Gasteiger partial charge in [0.2, 0.25) is 0 Å². The third-order valence-corrected chi connectivity index (χ3v) is 3.38. The maximum atomic E-state index is 12.8. The summed E-state index contributed by atoms with van der Waals surface area (Å²) in [6, 6.07) is 12.2. The first-order valence-corrected chi connectivity index (χ1v) is 7.41. The molecule has 2 rings (SSSR count). The Labute approximate surface area is 140 Å². The van der Waals surface area contributed by atoms with E-state index >= 15 is 0 Å². The molecule has 0 spiro atoms. The molecule has 0 aliphatic rings. The number of nitrogens with one attached hydrogen (secondary N) is 1. The second kappa shape index (κ2) is 7.59. The van der Waals surface area contributed by atoms with E-state index in [1.165, 1.54) is 19.1 Å². The maximum Gasteiger partial charge on any atom is 0.338 e. The van der Waals surface area contributed by atoms with Crippen LogP contribution in [0, 0.1) is 5.82 Å². The molecule has 0 radical (unpaired) electrons. The van der Waals surface area contributed by atoms with Crippen molar-refractivity contribution in [3.63, 3.8) is 0 Å². The van der Waals surface area contributed by atoms with Crippen LogP contribution in [0.5, 0.6) is 0 Å². The van der Waals surface area contributed by atoms with Crippen molar-refractivity contribution in [3.8, 4) is 0 Å². The minimum Gasteiger partial charge on any atom is -0.449 e. The SMILES string of the molecule is CC(OC(=O)c1ccc(F)cc1)C(=O)Nc1ccc(N(C)C)cc1. The number of hydrogen-bond donors (Lipinski definition) is 1. The zero-order valence-corrected chi connectivity index (χ0v) is 13.7. The van der Waals surface area contributed by atoms with E-state index in [2.05, 4.69) is 5.32 Å². The fourth-order valence-corrected chi connectivity index (χ4v) is 1.95. The van der Waals surface area contributed by atoms with Gasteiger partial charge in [0.15, 0.2) is 6.10 Å². The van der Waals surface area contributed by atoms with E-state index in [1.54, 1.807) is 12.1 Å². The summed E-state index contributed by atoms with van der Waals surface area (Å²) in [4.78, 5) is 25.9. The van der Waals surface area contributed by atoms with Gasteiger partial charge in [0.1, 0.15) is 5.82 Å². The average molecular weight is 330 g/mol. The van der Waals surface area contributed by atoms with E-state index in [-0.39, 0.29) is 5.56 Å². The normalized spacial score (nSPS) is 11.5. The monoisotopic (exact) mass is 330 g/mol. The molecule has 0 saturated heterocycles. The molecule has 1 amide bonds. The summed E-state index contributed by atoms with van der Waals surface area (Å²) in [6.07, 6.45) is -0.976. The largest absolute Gasteiger partial charge is 0.449 e. The van der Waals surface area contributed by atoms with Crippen molar-refractivity contribution in [1.82, 2.24) is 0 Å². The molecule has 0 bridgehead atoms. The molecule has 1 N–H and O–H groups in total. The van der Waals surface area contributed by atoms with Crippen molar-refractivity contribution in [2.75, 3.05) is 24.3 Å². The molecule has 5 nitrogen and oxygen atoms in total. The second-order valence-corrected chi connectivity index (χ2v) is 5.48. The van der Waals surface area contributed by atoms with E-state index in [4.69, 9.17) is 4.74 Å². The van der Waals surface area contributed by atoms with Crippen molar-refractivity contribution in [2.24, 2.45) is 0 Å². The highest BCUT2D eigenvalue weighted by Crippen LogP contribution is 2.16. The first-order chi connectivity index (χ1) is 11.4. The molecule has 1 atom stereocenters. The Morgan fingerprint density at radius 3 is 2.17 bits per heavy atom. The predicted octanol–water partition coefficient (Wildman–Crippen LogP) is 3.08. The molecule has 0 heterocycles. The molecule has 1 unspecified atom stereocenters. The van der Waals surface area contributed by atoms with Gasteiger partial charge in [0, 0.05) is 25.5 Å². The van der Waals surface area contributed by atoms with Crippen molar-refractivity contribution >= 4 is 23.3 Å². The zero-order chi connectivity index (χ0) is 17.7. The molecule has 0 saturated carbocycles. The number of amides is 1. The summed E-state index contributed by atoms with van der Waals surface area (Å²) >= 11 is 0. The van der Waals surface area contributed by atoms with Crippen LogP contribution in [0.2, 0.25) is 0 Å². The number of ether oxygens (including phenoxy) is 1. The van der Waals surface area contributed by atoms with Gasteiger partial charge in [-0.05, 0) is 55.5 Å². The van der Waals surface area contributed by atoms with Gasteiger partial charge in [-0.25, -0.2) is 9.18 Å². The average Bonchev–Trinajstić information content (AvgIpc) is 2.55.